The SMILES string of the molecule is CC[C@H](C)[C@H](N)C(=O)N1CCCCC1C(=O)OCc1ccccc1.O=C(O)C(F)(F)F. The van der Waals surface area contributed by atoms with E-state index in [-0.39, 0.29) is 24.4 Å². The molecule has 1 fully saturated rings. The standard InChI is InChI=1S/C19H28N2O3.C2HF3O2/c1-3-14(2)17(20)18(22)21-12-8-7-11-16(21)19(23)24-13-15-9-5-4-6-10-15;3-2(4,5)1(6)7/h4-6,9-10,14,16-17H,3,7-8,11-13,20H2,1-2H3;(H,6,7)/t14-,16?,17-;/m0./s1. The van der Waals surface area contributed by atoms with Crippen molar-refractivity contribution in [3.05, 3.63) is 35.9 Å². The van der Waals surface area contributed by atoms with Gasteiger partial charge in [-0.1, -0.05) is 50.6 Å². The van der Waals surface area contributed by atoms with Crippen LogP contribution in [0.4, 0.5) is 13.2 Å². The van der Waals surface area contributed by atoms with Crippen molar-refractivity contribution in [1.29, 1.82) is 0 Å². The van der Waals surface area contributed by atoms with Crippen LogP contribution in [-0.4, -0.2) is 52.7 Å². The van der Waals surface area contributed by atoms with Crippen molar-refractivity contribution in [3.8, 4) is 0 Å². The number of halogens is 3. The average Bonchev–Trinajstić information content (AvgIpc) is 2.76. The molecule has 1 aromatic carbocycles. The molecule has 3 atom stereocenters. The Balaban J connectivity index is 0.000000592. The summed E-state index contributed by atoms with van der Waals surface area (Å²) in [6.07, 6.45) is -1.77. The zero-order chi connectivity index (χ0) is 23.6. The largest absolute Gasteiger partial charge is 0.490 e. The van der Waals surface area contributed by atoms with Gasteiger partial charge < -0.3 is 20.5 Å². The maximum atomic E-state index is 12.7. The van der Waals surface area contributed by atoms with Gasteiger partial charge in [0.25, 0.3) is 0 Å². The van der Waals surface area contributed by atoms with E-state index in [4.69, 9.17) is 20.4 Å². The maximum Gasteiger partial charge on any atom is 0.490 e. The minimum absolute atomic E-state index is 0.0976. The number of amides is 1. The van der Waals surface area contributed by atoms with Gasteiger partial charge in [-0.15, -0.1) is 0 Å². The van der Waals surface area contributed by atoms with E-state index in [1.807, 2.05) is 44.2 Å². The number of hydrogen-bond donors (Lipinski definition) is 2. The predicted octanol–water partition coefficient (Wildman–Crippen LogP) is 3.12. The van der Waals surface area contributed by atoms with Gasteiger partial charge in [-0.25, -0.2) is 9.59 Å². The number of esters is 1. The zero-order valence-corrected chi connectivity index (χ0v) is 17.6. The number of ether oxygens (including phenoxy) is 1. The van der Waals surface area contributed by atoms with Gasteiger partial charge >= 0.3 is 18.1 Å². The lowest BCUT2D eigenvalue weighted by Crippen LogP contribution is -2.55. The van der Waals surface area contributed by atoms with Crippen molar-refractivity contribution in [1.82, 2.24) is 4.90 Å². The molecular weight excluding hydrogens is 417 g/mol. The third-order valence-electron chi connectivity index (χ3n) is 5.07. The van der Waals surface area contributed by atoms with Crippen LogP contribution in [0.5, 0.6) is 0 Å². The Morgan fingerprint density at radius 2 is 1.81 bits per heavy atom. The summed E-state index contributed by atoms with van der Waals surface area (Å²) in [5.74, 6) is -3.12. The number of rotatable bonds is 6. The summed E-state index contributed by atoms with van der Waals surface area (Å²) in [5.41, 5.74) is 7.03. The molecule has 1 saturated heterocycles. The monoisotopic (exact) mass is 446 g/mol. The van der Waals surface area contributed by atoms with E-state index < -0.39 is 24.2 Å². The summed E-state index contributed by atoms with van der Waals surface area (Å²) < 4.78 is 37.2. The number of nitrogens with two attached hydrogens (primary N) is 1. The molecule has 2 rings (SSSR count). The summed E-state index contributed by atoms with van der Waals surface area (Å²) in [6, 6.07) is 8.49. The lowest BCUT2D eigenvalue weighted by Gasteiger charge is -2.36. The highest BCUT2D eigenvalue weighted by Gasteiger charge is 2.38. The Labute approximate surface area is 179 Å². The van der Waals surface area contributed by atoms with E-state index >= 15 is 0 Å². The van der Waals surface area contributed by atoms with Crippen LogP contribution < -0.4 is 5.73 Å². The highest BCUT2D eigenvalue weighted by Crippen LogP contribution is 2.21. The molecule has 3 N–H and O–H groups in total. The Morgan fingerprint density at radius 3 is 2.32 bits per heavy atom. The number of nitrogens with zero attached hydrogens (tertiary/aromatic N) is 1. The number of carboxylic acid groups (broad SMARTS) is 1. The molecular formula is C21H29F3N2O5. The van der Waals surface area contributed by atoms with E-state index in [1.54, 1.807) is 4.90 Å². The van der Waals surface area contributed by atoms with Crippen LogP contribution in [0.1, 0.15) is 45.1 Å². The fourth-order valence-corrected chi connectivity index (χ4v) is 2.95. The molecule has 1 amide bonds. The second-order valence-electron chi connectivity index (χ2n) is 7.35. The molecule has 1 heterocycles. The Kier molecular flexibility index (Phi) is 10.5. The number of piperidine rings is 1. The van der Waals surface area contributed by atoms with Crippen LogP contribution in [-0.2, 0) is 25.7 Å². The average molecular weight is 446 g/mol. The number of benzene rings is 1. The van der Waals surface area contributed by atoms with Crippen LogP contribution >= 0.6 is 0 Å². The zero-order valence-electron chi connectivity index (χ0n) is 17.6. The molecule has 0 radical (unpaired) electrons. The predicted molar refractivity (Wildman–Crippen MR) is 107 cm³/mol. The Morgan fingerprint density at radius 1 is 1.23 bits per heavy atom. The van der Waals surface area contributed by atoms with E-state index in [1.165, 1.54) is 0 Å². The molecule has 1 unspecified atom stereocenters. The number of likely N-dealkylation sites (tertiary alicyclic amines) is 1. The summed E-state index contributed by atoms with van der Waals surface area (Å²) in [6.45, 7) is 4.79. The second-order valence-corrected chi connectivity index (χ2v) is 7.35. The van der Waals surface area contributed by atoms with Gasteiger partial charge in [-0.2, -0.15) is 13.2 Å². The lowest BCUT2D eigenvalue weighted by atomic mass is 9.95. The van der Waals surface area contributed by atoms with Gasteiger partial charge in [0.15, 0.2) is 0 Å². The summed E-state index contributed by atoms with van der Waals surface area (Å²) in [7, 11) is 0. The van der Waals surface area contributed by atoms with Crippen molar-refractivity contribution in [3.63, 3.8) is 0 Å². The van der Waals surface area contributed by atoms with Crippen molar-refractivity contribution >= 4 is 17.8 Å². The van der Waals surface area contributed by atoms with E-state index in [0.29, 0.717) is 13.0 Å². The fraction of sp³-hybridized carbons (Fsp3) is 0.571. The van der Waals surface area contributed by atoms with Gasteiger partial charge in [-0.05, 0) is 30.7 Å². The highest BCUT2D eigenvalue weighted by atomic mass is 19.4. The number of aliphatic carboxylic acids is 1. The summed E-state index contributed by atoms with van der Waals surface area (Å²) in [4.78, 5) is 35.7. The molecule has 7 nitrogen and oxygen atoms in total. The molecule has 1 aliphatic rings. The normalized spacial score (nSPS) is 18.3. The fourth-order valence-electron chi connectivity index (χ4n) is 2.95. The van der Waals surface area contributed by atoms with Crippen LogP contribution in [0.2, 0.25) is 0 Å². The minimum Gasteiger partial charge on any atom is -0.475 e. The molecule has 0 spiro atoms. The Bertz CT molecular complexity index is 727. The van der Waals surface area contributed by atoms with Crippen LogP contribution in [0.15, 0.2) is 30.3 Å². The first-order valence-electron chi connectivity index (χ1n) is 10.1. The van der Waals surface area contributed by atoms with Gasteiger partial charge in [0.1, 0.15) is 12.6 Å². The molecule has 1 aromatic rings. The first kappa shape index (κ1) is 26.4. The second kappa shape index (κ2) is 12.3. The summed E-state index contributed by atoms with van der Waals surface area (Å²) >= 11 is 0. The minimum atomic E-state index is -5.08. The van der Waals surface area contributed by atoms with Gasteiger partial charge in [-0.3, -0.25) is 4.79 Å². The van der Waals surface area contributed by atoms with Crippen molar-refractivity contribution in [2.45, 2.75) is 64.4 Å². The topological polar surface area (TPSA) is 110 Å². The van der Waals surface area contributed by atoms with E-state index in [2.05, 4.69) is 0 Å². The number of hydrogen-bond acceptors (Lipinski definition) is 5. The van der Waals surface area contributed by atoms with Crippen molar-refractivity contribution in [2.24, 2.45) is 11.7 Å². The lowest BCUT2D eigenvalue weighted by molar-refractivity contribution is -0.192. The van der Waals surface area contributed by atoms with Gasteiger partial charge in [0.05, 0.1) is 6.04 Å². The highest BCUT2D eigenvalue weighted by molar-refractivity contribution is 5.88. The smallest absolute Gasteiger partial charge is 0.475 e. The van der Waals surface area contributed by atoms with Crippen LogP contribution in [0, 0.1) is 5.92 Å². The molecule has 174 valence electrons. The van der Waals surface area contributed by atoms with Crippen molar-refractivity contribution in [2.75, 3.05) is 6.54 Å². The first-order valence-corrected chi connectivity index (χ1v) is 10.1. The molecule has 0 aliphatic carbocycles. The number of carboxylic acids is 1. The van der Waals surface area contributed by atoms with Gasteiger partial charge in [0.2, 0.25) is 5.91 Å². The quantitative estimate of drug-likeness (QED) is 0.650. The molecule has 0 aromatic heterocycles. The first-order chi connectivity index (χ1) is 14.5. The van der Waals surface area contributed by atoms with Crippen LogP contribution in [0.25, 0.3) is 0 Å². The van der Waals surface area contributed by atoms with E-state index in [0.717, 1.165) is 24.8 Å². The van der Waals surface area contributed by atoms with Crippen molar-refractivity contribution < 1.29 is 37.4 Å². The molecule has 1 aliphatic heterocycles. The van der Waals surface area contributed by atoms with Gasteiger partial charge in [0, 0.05) is 6.54 Å². The molecule has 31 heavy (non-hydrogen) atoms. The molecule has 0 saturated carbocycles. The van der Waals surface area contributed by atoms with Crippen LogP contribution in [0.3, 0.4) is 0 Å². The maximum absolute atomic E-state index is 12.7. The third-order valence-corrected chi connectivity index (χ3v) is 5.07. The Hall–Kier alpha value is -2.62. The summed E-state index contributed by atoms with van der Waals surface area (Å²) in [5, 5.41) is 7.12. The third kappa shape index (κ3) is 8.56. The number of alkyl halides is 3. The number of carbonyl (C=O) groups is 3. The van der Waals surface area contributed by atoms with E-state index in [9.17, 15) is 22.8 Å². The number of carbonyl (C=O) groups excluding carboxylic acids is 2. The molecule has 10 heteroatoms. The molecule has 0 bridgehead atoms.